The molecule has 2 N–H and O–H groups in total. The van der Waals surface area contributed by atoms with Crippen LogP contribution < -0.4 is 0 Å². The number of fused-ring (bicyclic) bond motifs is 1. The molecule has 4 aromatic carbocycles. The third-order valence-corrected chi connectivity index (χ3v) is 9.08. The van der Waals surface area contributed by atoms with Crippen molar-refractivity contribution in [3.8, 4) is 11.1 Å². The fraction of sp³-hybridized carbons (Fsp3) is 0.200. The van der Waals surface area contributed by atoms with Crippen molar-refractivity contribution in [3.63, 3.8) is 0 Å². The molecule has 5 aromatic rings. The van der Waals surface area contributed by atoms with E-state index in [2.05, 4.69) is 15.2 Å². The largest absolute Gasteiger partial charge is 0.392 e. The molecule has 10 heteroatoms. The Balaban J connectivity index is 1.08. The Kier molecular flexibility index (Phi) is 8.27. The molecule has 9 nitrogen and oxygen atoms in total. The van der Waals surface area contributed by atoms with Crippen LogP contribution in [0, 0.1) is 0 Å². The number of hydrogen-bond acceptors (Lipinski definition) is 8. The van der Waals surface area contributed by atoms with Gasteiger partial charge in [-0.15, -0.1) is 0 Å². The number of benzene rings is 4. The summed E-state index contributed by atoms with van der Waals surface area (Å²) in [6, 6.07) is 30.7. The van der Waals surface area contributed by atoms with Gasteiger partial charge in [-0.25, -0.2) is 4.98 Å². The van der Waals surface area contributed by atoms with Crippen molar-refractivity contribution in [1.29, 1.82) is 0 Å². The first-order valence-corrected chi connectivity index (χ1v) is 15.7. The molecule has 1 fully saturated rings. The van der Waals surface area contributed by atoms with Gasteiger partial charge < -0.3 is 14.6 Å². The average molecular weight is 619 g/mol. The normalized spacial score (nSPS) is 19.6. The van der Waals surface area contributed by atoms with Crippen LogP contribution in [0.25, 0.3) is 11.1 Å². The number of carbonyl (C=O) groups is 2. The van der Waals surface area contributed by atoms with E-state index in [1.54, 1.807) is 36.0 Å². The number of rotatable bonds is 9. The lowest BCUT2D eigenvalue weighted by atomic mass is 9.99. The quantitative estimate of drug-likeness (QED) is 0.150. The molecule has 1 aromatic heterocycles. The number of aromatic nitrogens is 3. The standard InChI is InChI=1S/C35H30N4O5S/c40-19-22-8-10-25(11-9-22)31-17-28(20-45-35-36-21-37-38-35)43-34(44-31)26-14-12-24(13-15-26)27-5-3-4-23(16-27)18-39-32(41)29-6-1-2-7-30(29)33(39)42/h1-16,21,28,31,34,40H,17-20H2,(H,36,37,38)/t28-,31+,34+/m1/s1. The second kappa shape index (κ2) is 12.8. The summed E-state index contributed by atoms with van der Waals surface area (Å²) in [5.41, 5.74) is 6.51. The predicted molar refractivity (Wildman–Crippen MR) is 168 cm³/mol. The van der Waals surface area contributed by atoms with Gasteiger partial charge in [0.05, 0.1) is 36.5 Å². The van der Waals surface area contributed by atoms with Gasteiger partial charge in [-0.2, -0.15) is 5.10 Å². The van der Waals surface area contributed by atoms with Crippen molar-refractivity contribution >= 4 is 23.6 Å². The minimum Gasteiger partial charge on any atom is -0.392 e. The number of nitrogens with one attached hydrogen (secondary N) is 1. The van der Waals surface area contributed by atoms with Crippen LogP contribution in [0.3, 0.4) is 0 Å². The fourth-order valence-electron chi connectivity index (χ4n) is 5.71. The number of aliphatic hydroxyl groups excluding tert-OH is 1. The van der Waals surface area contributed by atoms with Crippen LogP contribution in [0.1, 0.15) is 61.8 Å². The minimum atomic E-state index is -0.573. The van der Waals surface area contributed by atoms with Gasteiger partial charge in [0.15, 0.2) is 11.4 Å². The Labute approximate surface area is 264 Å². The van der Waals surface area contributed by atoms with Crippen LogP contribution in [0.5, 0.6) is 0 Å². The summed E-state index contributed by atoms with van der Waals surface area (Å²) in [5, 5.41) is 17.0. The van der Waals surface area contributed by atoms with Crippen molar-refractivity contribution in [1.82, 2.24) is 20.1 Å². The molecule has 3 atom stereocenters. The van der Waals surface area contributed by atoms with Crippen molar-refractivity contribution in [2.24, 2.45) is 0 Å². The molecule has 0 spiro atoms. The Hall–Kier alpha value is -4.61. The molecule has 1 saturated heterocycles. The molecule has 45 heavy (non-hydrogen) atoms. The number of aromatic amines is 1. The third-order valence-electron chi connectivity index (χ3n) is 8.08. The predicted octanol–water partition coefficient (Wildman–Crippen LogP) is 6.10. The van der Waals surface area contributed by atoms with Gasteiger partial charge in [-0.1, -0.05) is 90.6 Å². The van der Waals surface area contributed by atoms with Crippen molar-refractivity contribution < 1.29 is 24.2 Å². The summed E-state index contributed by atoms with van der Waals surface area (Å²) in [6.45, 7) is 0.197. The lowest BCUT2D eigenvalue weighted by molar-refractivity contribution is -0.245. The van der Waals surface area contributed by atoms with E-state index in [0.717, 1.165) is 38.5 Å². The number of amides is 2. The van der Waals surface area contributed by atoms with Gasteiger partial charge >= 0.3 is 0 Å². The molecule has 2 aliphatic rings. The number of aliphatic hydroxyl groups is 1. The van der Waals surface area contributed by atoms with Gasteiger partial charge in [-0.05, 0) is 46.0 Å². The number of ether oxygens (including phenoxy) is 2. The Morgan fingerprint density at radius 2 is 1.56 bits per heavy atom. The molecule has 2 amide bonds. The minimum absolute atomic E-state index is 0.00792. The number of thioether (sulfide) groups is 1. The lowest BCUT2D eigenvalue weighted by Crippen LogP contribution is -2.31. The highest BCUT2D eigenvalue weighted by atomic mass is 32.2. The third kappa shape index (κ3) is 6.18. The zero-order valence-electron chi connectivity index (χ0n) is 24.2. The SMILES string of the molecule is O=C1c2ccccc2C(=O)N1Cc1cccc(-c2ccc([C@H]3O[C@@H](CSc4ncn[nH]4)C[C@@H](c4ccc(CO)cc4)O3)cc2)c1. The zero-order chi connectivity index (χ0) is 30.8. The highest BCUT2D eigenvalue weighted by Gasteiger charge is 2.35. The molecule has 0 bridgehead atoms. The maximum Gasteiger partial charge on any atom is 0.261 e. The Morgan fingerprint density at radius 1 is 0.822 bits per heavy atom. The second-order valence-corrected chi connectivity index (χ2v) is 12.0. The van der Waals surface area contributed by atoms with Gasteiger partial charge in [0.25, 0.3) is 11.8 Å². The van der Waals surface area contributed by atoms with E-state index < -0.39 is 6.29 Å². The first-order chi connectivity index (χ1) is 22.1. The number of imide groups is 1. The van der Waals surface area contributed by atoms with Gasteiger partial charge in [0.1, 0.15) is 6.33 Å². The highest BCUT2D eigenvalue weighted by Crippen LogP contribution is 2.39. The molecule has 7 rings (SSSR count). The highest BCUT2D eigenvalue weighted by molar-refractivity contribution is 7.99. The van der Waals surface area contributed by atoms with E-state index in [1.807, 2.05) is 72.8 Å². The van der Waals surface area contributed by atoms with Crippen LogP contribution in [-0.4, -0.2) is 48.9 Å². The molecule has 226 valence electrons. The molecular weight excluding hydrogens is 588 g/mol. The van der Waals surface area contributed by atoms with Crippen molar-refractivity contribution in [2.75, 3.05) is 5.75 Å². The maximum atomic E-state index is 12.9. The second-order valence-electron chi connectivity index (χ2n) is 11.0. The van der Waals surface area contributed by atoms with Gasteiger partial charge in [0.2, 0.25) is 0 Å². The van der Waals surface area contributed by atoms with Gasteiger partial charge in [-0.3, -0.25) is 19.6 Å². The van der Waals surface area contributed by atoms with E-state index in [0.29, 0.717) is 23.3 Å². The molecule has 0 aliphatic carbocycles. The van der Waals surface area contributed by atoms with Crippen LogP contribution in [0.15, 0.2) is 109 Å². The van der Waals surface area contributed by atoms with Crippen LogP contribution in [0.2, 0.25) is 0 Å². The summed E-state index contributed by atoms with van der Waals surface area (Å²) in [5.74, 6) is 0.147. The summed E-state index contributed by atoms with van der Waals surface area (Å²) >= 11 is 1.55. The van der Waals surface area contributed by atoms with Crippen LogP contribution in [0.4, 0.5) is 0 Å². The van der Waals surface area contributed by atoms with E-state index in [-0.39, 0.29) is 37.2 Å². The molecule has 0 unspecified atom stereocenters. The van der Waals surface area contributed by atoms with Crippen molar-refractivity contribution in [2.45, 2.75) is 43.2 Å². The lowest BCUT2D eigenvalue weighted by Gasteiger charge is -2.36. The maximum absolute atomic E-state index is 12.9. The van der Waals surface area contributed by atoms with Crippen LogP contribution >= 0.6 is 11.8 Å². The van der Waals surface area contributed by atoms with Crippen molar-refractivity contribution in [3.05, 3.63) is 137 Å². The first kappa shape index (κ1) is 29.1. The molecular formula is C35H30N4O5S. The number of carbonyl (C=O) groups excluding carboxylic acids is 2. The van der Waals surface area contributed by atoms with E-state index in [1.165, 1.54) is 11.2 Å². The van der Waals surface area contributed by atoms with E-state index in [9.17, 15) is 14.7 Å². The molecule has 3 heterocycles. The number of nitrogens with zero attached hydrogens (tertiary/aromatic N) is 3. The smallest absolute Gasteiger partial charge is 0.261 e. The number of H-pyrrole nitrogens is 1. The zero-order valence-corrected chi connectivity index (χ0v) is 25.0. The summed E-state index contributed by atoms with van der Waals surface area (Å²) in [7, 11) is 0. The topological polar surface area (TPSA) is 118 Å². The Bertz CT molecular complexity index is 1780. The average Bonchev–Trinajstić information content (AvgIpc) is 3.71. The van der Waals surface area contributed by atoms with E-state index in [4.69, 9.17) is 9.47 Å². The summed E-state index contributed by atoms with van der Waals surface area (Å²) < 4.78 is 12.9. The number of hydrogen-bond donors (Lipinski definition) is 2. The summed E-state index contributed by atoms with van der Waals surface area (Å²) in [6.07, 6.45) is 1.31. The van der Waals surface area contributed by atoms with Gasteiger partial charge in [0, 0.05) is 17.7 Å². The Morgan fingerprint density at radius 3 is 2.24 bits per heavy atom. The summed E-state index contributed by atoms with van der Waals surface area (Å²) in [4.78, 5) is 31.3. The molecule has 0 radical (unpaired) electrons. The molecule has 0 saturated carbocycles. The van der Waals surface area contributed by atoms with E-state index >= 15 is 0 Å². The monoisotopic (exact) mass is 618 g/mol. The first-order valence-electron chi connectivity index (χ1n) is 14.7. The van der Waals surface area contributed by atoms with Crippen LogP contribution in [-0.2, 0) is 22.6 Å². The molecule has 2 aliphatic heterocycles. The fourth-order valence-corrected chi connectivity index (χ4v) is 6.50.